The van der Waals surface area contributed by atoms with Gasteiger partial charge in [-0.3, -0.25) is 0 Å². The fraction of sp³-hybridized carbons (Fsp3) is 0.625. The SMILES string of the molecule is NC(Cc1ccc(Br)cc1Cl)C1C2C3CCC(C3)C12. The van der Waals surface area contributed by atoms with E-state index in [-0.39, 0.29) is 0 Å². The molecule has 3 heteroatoms. The van der Waals surface area contributed by atoms with Crippen LogP contribution in [-0.2, 0) is 6.42 Å². The number of hydrogen-bond donors (Lipinski definition) is 1. The summed E-state index contributed by atoms with van der Waals surface area (Å²) in [6, 6.07) is 6.45. The lowest BCUT2D eigenvalue weighted by Gasteiger charge is -2.17. The minimum atomic E-state index is 0.303. The first-order valence-corrected chi connectivity index (χ1v) is 8.52. The fourth-order valence-electron chi connectivity index (χ4n) is 5.04. The van der Waals surface area contributed by atoms with Gasteiger partial charge in [0, 0.05) is 15.5 Å². The van der Waals surface area contributed by atoms with Gasteiger partial charge in [-0.2, -0.15) is 0 Å². The number of benzene rings is 1. The van der Waals surface area contributed by atoms with Gasteiger partial charge >= 0.3 is 0 Å². The Morgan fingerprint density at radius 1 is 1.26 bits per heavy atom. The van der Waals surface area contributed by atoms with Gasteiger partial charge in [0.2, 0.25) is 0 Å². The van der Waals surface area contributed by atoms with E-state index in [9.17, 15) is 0 Å². The normalized spacial score (nSPS) is 40.3. The van der Waals surface area contributed by atoms with Gasteiger partial charge in [-0.05, 0) is 73.0 Å². The summed E-state index contributed by atoms with van der Waals surface area (Å²) in [6.45, 7) is 0. The van der Waals surface area contributed by atoms with E-state index in [0.29, 0.717) is 6.04 Å². The molecule has 1 aromatic carbocycles. The molecule has 0 saturated heterocycles. The molecule has 0 heterocycles. The van der Waals surface area contributed by atoms with E-state index in [4.69, 9.17) is 17.3 Å². The summed E-state index contributed by atoms with van der Waals surface area (Å²) in [7, 11) is 0. The summed E-state index contributed by atoms with van der Waals surface area (Å²) < 4.78 is 1.04. The predicted octanol–water partition coefficient (Wildman–Crippen LogP) is 4.26. The lowest BCUT2D eigenvalue weighted by atomic mass is 9.94. The second kappa shape index (κ2) is 4.47. The maximum Gasteiger partial charge on any atom is 0.0449 e. The molecule has 19 heavy (non-hydrogen) atoms. The highest BCUT2D eigenvalue weighted by Crippen LogP contribution is 2.70. The summed E-state index contributed by atoms with van der Waals surface area (Å²) >= 11 is 9.75. The van der Waals surface area contributed by atoms with E-state index in [1.807, 2.05) is 6.07 Å². The van der Waals surface area contributed by atoms with E-state index < -0.39 is 0 Å². The van der Waals surface area contributed by atoms with Gasteiger partial charge in [-0.1, -0.05) is 33.6 Å². The van der Waals surface area contributed by atoms with Crippen LogP contribution in [0, 0.1) is 29.6 Å². The molecule has 0 radical (unpaired) electrons. The zero-order chi connectivity index (χ0) is 13.1. The highest BCUT2D eigenvalue weighted by atomic mass is 79.9. The van der Waals surface area contributed by atoms with Crippen LogP contribution in [0.4, 0.5) is 0 Å². The third kappa shape index (κ3) is 1.99. The Hall–Kier alpha value is -0.0500. The van der Waals surface area contributed by atoms with Crippen molar-refractivity contribution < 1.29 is 0 Å². The van der Waals surface area contributed by atoms with E-state index in [0.717, 1.165) is 45.5 Å². The molecular weight excluding hydrogens is 322 g/mol. The topological polar surface area (TPSA) is 26.0 Å². The number of hydrogen-bond acceptors (Lipinski definition) is 1. The summed E-state index contributed by atoms with van der Waals surface area (Å²) in [4.78, 5) is 0. The van der Waals surface area contributed by atoms with Crippen LogP contribution in [0.15, 0.2) is 22.7 Å². The smallest absolute Gasteiger partial charge is 0.0449 e. The van der Waals surface area contributed by atoms with Gasteiger partial charge in [0.1, 0.15) is 0 Å². The Morgan fingerprint density at radius 3 is 2.58 bits per heavy atom. The maximum atomic E-state index is 6.49. The van der Waals surface area contributed by atoms with Crippen molar-refractivity contribution in [1.29, 1.82) is 0 Å². The highest BCUT2D eigenvalue weighted by molar-refractivity contribution is 9.10. The summed E-state index contributed by atoms with van der Waals surface area (Å²) in [5.41, 5.74) is 7.69. The lowest BCUT2D eigenvalue weighted by molar-refractivity contribution is 0.409. The first-order valence-electron chi connectivity index (χ1n) is 7.34. The summed E-state index contributed by atoms with van der Waals surface area (Å²) in [5, 5.41) is 0.846. The Balaban J connectivity index is 1.47. The maximum absolute atomic E-state index is 6.49. The molecule has 0 spiro atoms. The first-order chi connectivity index (χ1) is 9.15. The standard InChI is InChI=1S/C16H19BrClN/c17-11-4-3-8(12(18)7-11)6-13(19)16-14-9-1-2-10(5-9)15(14)16/h3-4,7,9-10,13-16H,1-2,5-6,19H2. The van der Waals surface area contributed by atoms with Crippen molar-refractivity contribution in [3.8, 4) is 0 Å². The van der Waals surface area contributed by atoms with E-state index in [1.165, 1.54) is 24.8 Å². The molecule has 3 saturated carbocycles. The molecule has 3 aliphatic rings. The van der Waals surface area contributed by atoms with Gasteiger partial charge in [-0.15, -0.1) is 0 Å². The van der Waals surface area contributed by atoms with Gasteiger partial charge in [-0.25, -0.2) is 0 Å². The van der Waals surface area contributed by atoms with Gasteiger partial charge in [0.05, 0.1) is 0 Å². The van der Waals surface area contributed by atoms with Crippen LogP contribution in [0.5, 0.6) is 0 Å². The average molecular weight is 341 g/mol. The van der Waals surface area contributed by atoms with Crippen molar-refractivity contribution in [3.63, 3.8) is 0 Å². The first kappa shape index (κ1) is 12.7. The minimum Gasteiger partial charge on any atom is -0.327 e. The molecule has 102 valence electrons. The molecule has 2 bridgehead atoms. The molecule has 3 fully saturated rings. The van der Waals surface area contributed by atoms with Crippen molar-refractivity contribution in [2.24, 2.45) is 35.3 Å². The third-order valence-electron chi connectivity index (χ3n) is 5.76. The van der Waals surface area contributed by atoms with Gasteiger partial charge in [0.25, 0.3) is 0 Å². The molecule has 0 amide bonds. The number of halogens is 2. The number of nitrogens with two attached hydrogens (primary N) is 1. The van der Waals surface area contributed by atoms with E-state index in [2.05, 4.69) is 28.1 Å². The second-order valence-corrected chi connectivity index (χ2v) is 7.99. The molecule has 1 aromatic rings. The summed E-state index contributed by atoms with van der Waals surface area (Å²) in [6.07, 6.45) is 5.36. The molecule has 0 aliphatic heterocycles. The molecule has 4 rings (SSSR count). The van der Waals surface area contributed by atoms with E-state index >= 15 is 0 Å². The Bertz CT molecular complexity index is 501. The zero-order valence-corrected chi connectivity index (χ0v) is 13.2. The van der Waals surface area contributed by atoms with Crippen LogP contribution in [0.25, 0.3) is 0 Å². The predicted molar refractivity (Wildman–Crippen MR) is 82.1 cm³/mol. The van der Waals surface area contributed by atoms with Gasteiger partial charge in [0.15, 0.2) is 0 Å². The Kier molecular flexibility index (Phi) is 2.98. The average Bonchev–Trinajstić information content (AvgIpc) is 2.82. The summed E-state index contributed by atoms with van der Waals surface area (Å²) in [5.74, 6) is 4.72. The largest absolute Gasteiger partial charge is 0.327 e. The van der Waals surface area contributed by atoms with Crippen LogP contribution in [0.3, 0.4) is 0 Å². The van der Waals surface area contributed by atoms with E-state index in [1.54, 1.807) is 0 Å². The number of fused-ring (bicyclic) bond motifs is 5. The van der Waals surface area contributed by atoms with Crippen molar-refractivity contribution in [2.45, 2.75) is 31.7 Å². The highest BCUT2D eigenvalue weighted by Gasteiger charge is 2.65. The lowest BCUT2D eigenvalue weighted by Crippen LogP contribution is -2.28. The molecule has 0 aromatic heterocycles. The quantitative estimate of drug-likeness (QED) is 0.874. The Labute approximate surface area is 128 Å². The minimum absolute atomic E-state index is 0.303. The van der Waals surface area contributed by atoms with Crippen LogP contribution in [0.2, 0.25) is 5.02 Å². The van der Waals surface area contributed by atoms with Crippen LogP contribution in [-0.4, -0.2) is 6.04 Å². The molecule has 3 aliphatic carbocycles. The fourth-order valence-corrected chi connectivity index (χ4v) is 5.79. The third-order valence-corrected chi connectivity index (χ3v) is 6.61. The van der Waals surface area contributed by atoms with Crippen molar-refractivity contribution in [1.82, 2.24) is 0 Å². The van der Waals surface area contributed by atoms with Gasteiger partial charge < -0.3 is 5.73 Å². The monoisotopic (exact) mass is 339 g/mol. The molecule has 5 unspecified atom stereocenters. The van der Waals surface area contributed by atoms with Crippen LogP contribution >= 0.6 is 27.5 Å². The zero-order valence-electron chi connectivity index (χ0n) is 10.9. The van der Waals surface area contributed by atoms with Crippen molar-refractivity contribution >= 4 is 27.5 Å². The molecule has 1 nitrogen and oxygen atoms in total. The molecule has 2 N–H and O–H groups in total. The van der Waals surface area contributed by atoms with Crippen LogP contribution in [0.1, 0.15) is 24.8 Å². The van der Waals surface area contributed by atoms with Crippen molar-refractivity contribution in [3.05, 3.63) is 33.3 Å². The number of rotatable bonds is 3. The Morgan fingerprint density at radius 2 is 1.95 bits per heavy atom. The second-order valence-electron chi connectivity index (χ2n) is 6.67. The molecular formula is C16H19BrClN. The van der Waals surface area contributed by atoms with Crippen molar-refractivity contribution in [2.75, 3.05) is 0 Å². The van der Waals surface area contributed by atoms with Crippen LogP contribution < -0.4 is 5.73 Å². The molecule has 5 atom stereocenters.